The largest absolute Gasteiger partial charge is 0.349 e. The molecule has 0 spiro atoms. The summed E-state index contributed by atoms with van der Waals surface area (Å²) in [4.78, 5) is 22.2. The molecule has 0 saturated carbocycles. The number of piperidine rings is 1. The van der Waals surface area contributed by atoms with E-state index in [9.17, 15) is 4.79 Å². The number of nitrogens with one attached hydrogen (secondary N) is 1. The van der Waals surface area contributed by atoms with Gasteiger partial charge in [-0.1, -0.05) is 6.92 Å². The molecule has 1 aromatic rings. The molecule has 0 radical (unpaired) electrons. The quantitative estimate of drug-likeness (QED) is 0.889. The highest BCUT2D eigenvalue weighted by Crippen LogP contribution is 2.17. The third kappa shape index (κ3) is 3.99. The molecule has 2 rings (SSSR count). The normalized spacial score (nSPS) is 21.9. The molecular weight excluding hydrogens is 240 g/mol. The van der Waals surface area contributed by atoms with Crippen LogP contribution >= 0.6 is 0 Å². The standard InChI is InChI=1S/C14H22N4O/c1-11-4-3-7-18(10-11)12(2)8-17-14(19)13-9-15-5-6-16-13/h5-6,9,11-12H,3-4,7-8,10H2,1-2H3,(H,17,19)/t11-,12+/m1/s1. The number of carbonyl (C=O) groups excluding carboxylic acids is 1. The molecule has 0 aromatic carbocycles. The predicted octanol–water partition coefficient (Wildman–Crippen LogP) is 1.33. The summed E-state index contributed by atoms with van der Waals surface area (Å²) in [6, 6.07) is 0.364. The van der Waals surface area contributed by atoms with E-state index in [-0.39, 0.29) is 5.91 Å². The molecule has 2 atom stereocenters. The number of rotatable bonds is 4. The molecule has 0 unspecified atom stereocenters. The number of nitrogens with zero attached hydrogens (tertiary/aromatic N) is 3. The Kier molecular flexibility index (Phi) is 4.85. The summed E-state index contributed by atoms with van der Waals surface area (Å²) in [6.07, 6.45) is 7.15. The van der Waals surface area contributed by atoms with Gasteiger partial charge in [0.25, 0.3) is 5.91 Å². The maximum Gasteiger partial charge on any atom is 0.271 e. The van der Waals surface area contributed by atoms with Crippen LogP contribution in [0.3, 0.4) is 0 Å². The minimum Gasteiger partial charge on any atom is -0.349 e. The van der Waals surface area contributed by atoms with Gasteiger partial charge in [0.1, 0.15) is 5.69 Å². The number of carbonyl (C=O) groups is 1. The van der Waals surface area contributed by atoms with Gasteiger partial charge in [-0.15, -0.1) is 0 Å². The van der Waals surface area contributed by atoms with E-state index >= 15 is 0 Å². The average molecular weight is 262 g/mol. The first kappa shape index (κ1) is 13.9. The van der Waals surface area contributed by atoms with E-state index in [1.54, 1.807) is 6.20 Å². The van der Waals surface area contributed by atoms with Gasteiger partial charge in [-0.3, -0.25) is 14.7 Å². The lowest BCUT2D eigenvalue weighted by atomic mass is 9.99. The number of hydrogen-bond donors (Lipinski definition) is 1. The fraction of sp³-hybridized carbons (Fsp3) is 0.643. The second-order valence-electron chi connectivity index (χ2n) is 5.39. The van der Waals surface area contributed by atoms with E-state index < -0.39 is 0 Å². The van der Waals surface area contributed by atoms with E-state index in [2.05, 4.69) is 34.0 Å². The van der Waals surface area contributed by atoms with Crippen molar-refractivity contribution in [2.45, 2.75) is 32.7 Å². The Hall–Kier alpha value is -1.49. The molecule has 1 aliphatic rings. The summed E-state index contributed by atoms with van der Waals surface area (Å²) in [5.41, 5.74) is 0.377. The molecule has 2 heterocycles. The first-order valence-electron chi connectivity index (χ1n) is 6.95. The van der Waals surface area contributed by atoms with Crippen LogP contribution in [-0.2, 0) is 0 Å². The molecule has 5 heteroatoms. The fourth-order valence-corrected chi connectivity index (χ4v) is 2.50. The van der Waals surface area contributed by atoms with Gasteiger partial charge in [-0.2, -0.15) is 0 Å². The molecular formula is C14H22N4O. The number of hydrogen-bond acceptors (Lipinski definition) is 4. The molecule has 1 N–H and O–H groups in total. The Balaban J connectivity index is 1.80. The Labute approximate surface area is 114 Å². The molecule has 1 aliphatic heterocycles. The monoisotopic (exact) mass is 262 g/mol. The highest BCUT2D eigenvalue weighted by molar-refractivity contribution is 5.91. The Morgan fingerprint density at radius 1 is 1.58 bits per heavy atom. The number of aromatic nitrogens is 2. The number of likely N-dealkylation sites (tertiary alicyclic amines) is 1. The Morgan fingerprint density at radius 3 is 3.11 bits per heavy atom. The first-order valence-corrected chi connectivity index (χ1v) is 6.95. The molecule has 19 heavy (non-hydrogen) atoms. The maximum absolute atomic E-state index is 11.9. The van der Waals surface area contributed by atoms with E-state index in [0.717, 1.165) is 19.0 Å². The second-order valence-corrected chi connectivity index (χ2v) is 5.39. The molecule has 0 aliphatic carbocycles. The fourth-order valence-electron chi connectivity index (χ4n) is 2.50. The van der Waals surface area contributed by atoms with Gasteiger partial charge < -0.3 is 5.32 Å². The molecule has 1 aromatic heterocycles. The molecule has 1 fully saturated rings. The zero-order valence-electron chi connectivity index (χ0n) is 11.7. The summed E-state index contributed by atoms with van der Waals surface area (Å²) >= 11 is 0. The van der Waals surface area contributed by atoms with E-state index in [1.165, 1.54) is 25.2 Å². The van der Waals surface area contributed by atoms with Crippen LogP contribution in [0.1, 0.15) is 37.2 Å². The topological polar surface area (TPSA) is 58.1 Å². The van der Waals surface area contributed by atoms with Crippen LogP contribution in [-0.4, -0.2) is 46.5 Å². The number of amides is 1. The molecule has 1 amide bonds. The van der Waals surface area contributed by atoms with Crippen molar-refractivity contribution in [2.24, 2.45) is 5.92 Å². The molecule has 0 bridgehead atoms. The smallest absolute Gasteiger partial charge is 0.271 e. The van der Waals surface area contributed by atoms with Crippen LogP contribution in [0.15, 0.2) is 18.6 Å². The molecule has 104 valence electrons. The summed E-state index contributed by atoms with van der Waals surface area (Å²) in [6.45, 7) is 7.36. The zero-order valence-corrected chi connectivity index (χ0v) is 11.7. The summed E-state index contributed by atoms with van der Waals surface area (Å²) in [5, 5.41) is 2.93. The third-order valence-corrected chi connectivity index (χ3v) is 3.67. The van der Waals surface area contributed by atoms with Gasteiger partial charge >= 0.3 is 0 Å². The van der Waals surface area contributed by atoms with Crippen LogP contribution in [0.2, 0.25) is 0 Å². The molecule has 1 saturated heterocycles. The summed E-state index contributed by atoms with van der Waals surface area (Å²) in [7, 11) is 0. The van der Waals surface area contributed by atoms with Gasteiger partial charge in [0.15, 0.2) is 0 Å². The minimum atomic E-state index is -0.148. The van der Waals surface area contributed by atoms with Gasteiger partial charge in [-0.25, -0.2) is 4.98 Å². The minimum absolute atomic E-state index is 0.148. The van der Waals surface area contributed by atoms with Crippen LogP contribution in [0, 0.1) is 5.92 Å². The van der Waals surface area contributed by atoms with Crippen molar-refractivity contribution < 1.29 is 4.79 Å². The van der Waals surface area contributed by atoms with Crippen LogP contribution in [0.5, 0.6) is 0 Å². The Bertz CT molecular complexity index is 409. The van der Waals surface area contributed by atoms with Crippen molar-refractivity contribution in [1.29, 1.82) is 0 Å². The van der Waals surface area contributed by atoms with E-state index in [4.69, 9.17) is 0 Å². The predicted molar refractivity (Wildman–Crippen MR) is 73.8 cm³/mol. The lowest BCUT2D eigenvalue weighted by molar-refractivity contribution is 0.0912. The van der Waals surface area contributed by atoms with Crippen molar-refractivity contribution in [3.8, 4) is 0 Å². The lowest BCUT2D eigenvalue weighted by Gasteiger charge is -2.35. The average Bonchev–Trinajstić information content (AvgIpc) is 2.45. The second kappa shape index (κ2) is 6.61. The van der Waals surface area contributed by atoms with E-state index in [1.807, 2.05) is 0 Å². The van der Waals surface area contributed by atoms with Crippen molar-refractivity contribution in [1.82, 2.24) is 20.2 Å². The van der Waals surface area contributed by atoms with Crippen molar-refractivity contribution >= 4 is 5.91 Å². The highest BCUT2D eigenvalue weighted by Gasteiger charge is 2.21. The Morgan fingerprint density at radius 2 is 2.42 bits per heavy atom. The third-order valence-electron chi connectivity index (χ3n) is 3.67. The zero-order chi connectivity index (χ0) is 13.7. The van der Waals surface area contributed by atoms with Crippen LogP contribution in [0.4, 0.5) is 0 Å². The van der Waals surface area contributed by atoms with Gasteiger partial charge in [-0.05, 0) is 32.2 Å². The van der Waals surface area contributed by atoms with Crippen LogP contribution in [0.25, 0.3) is 0 Å². The van der Waals surface area contributed by atoms with Crippen molar-refractivity contribution in [3.63, 3.8) is 0 Å². The SMILES string of the molecule is C[C@@H]1CCCN([C@@H](C)CNC(=O)c2cnccn2)C1. The van der Waals surface area contributed by atoms with Crippen molar-refractivity contribution in [3.05, 3.63) is 24.3 Å². The van der Waals surface area contributed by atoms with Crippen LogP contribution < -0.4 is 5.32 Å². The summed E-state index contributed by atoms with van der Waals surface area (Å²) < 4.78 is 0. The van der Waals surface area contributed by atoms with Gasteiger partial charge in [0.2, 0.25) is 0 Å². The molecule has 5 nitrogen and oxygen atoms in total. The lowest BCUT2D eigenvalue weighted by Crippen LogP contribution is -2.46. The summed E-state index contributed by atoms with van der Waals surface area (Å²) in [5.74, 6) is 0.608. The maximum atomic E-state index is 11.9. The van der Waals surface area contributed by atoms with Crippen molar-refractivity contribution in [2.75, 3.05) is 19.6 Å². The highest BCUT2D eigenvalue weighted by atomic mass is 16.1. The van der Waals surface area contributed by atoms with Gasteiger partial charge in [0.05, 0.1) is 6.20 Å². The van der Waals surface area contributed by atoms with E-state index in [0.29, 0.717) is 18.3 Å². The first-order chi connectivity index (χ1) is 9.16. The van der Waals surface area contributed by atoms with Gasteiger partial charge in [0, 0.05) is 31.5 Å².